The molecule has 1 aromatic heterocycles. The van der Waals surface area contributed by atoms with Crippen LogP contribution in [0.1, 0.15) is 38.1 Å². The number of rotatable bonds is 7. The standard InChI is InChI=1S/C16H29N3O2/c1-5-17-15(12-14-11-13(3)18-19(14)4)16(21-6-2)7-9-20-10-8-16/h11,15,17H,5-10,12H2,1-4H3. The maximum atomic E-state index is 6.23. The van der Waals surface area contributed by atoms with E-state index in [9.17, 15) is 0 Å². The molecule has 0 saturated carbocycles. The molecule has 1 atom stereocenters. The van der Waals surface area contributed by atoms with Crippen molar-refractivity contribution in [3.63, 3.8) is 0 Å². The van der Waals surface area contributed by atoms with Gasteiger partial charge in [0.25, 0.3) is 0 Å². The quantitative estimate of drug-likeness (QED) is 0.834. The number of hydrogen-bond acceptors (Lipinski definition) is 4. The second-order valence-electron chi connectivity index (χ2n) is 5.83. The van der Waals surface area contributed by atoms with Crippen LogP contribution in [0.25, 0.3) is 0 Å². The van der Waals surface area contributed by atoms with E-state index in [-0.39, 0.29) is 5.60 Å². The Balaban J connectivity index is 2.20. The lowest BCUT2D eigenvalue weighted by atomic mass is 9.83. The smallest absolute Gasteiger partial charge is 0.0882 e. The molecule has 0 bridgehead atoms. The molecule has 0 aromatic carbocycles. The summed E-state index contributed by atoms with van der Waals surface area (Å²) < 4.78 is 13.8. The van der Waals surface area contributed by atoms with E-state index in [1.54, 1.807) is 0 Å². The van der Waals surface area contributed by atoms with Gasteiger partial charge in [0.15, 0.2) is 0 Å². The summed E-state index contributed by atoms with van der Waals surface area (Å²) in [6.45, 7) is 9.52. The fourth-order valence-corrected chi connectivity index (χ4v) is 3.35. The van der Waals surface area contributed by atoms with Gasteiger partial charge in [-0.25, -0.2) is 0 Å². The van der Waals surface area contributed by atoms with E-state index in [2.05, 4.69) is 30.3 Å². The van der Waals surface area contributed by atoms with Gasteiger partial charge >= 0.3 is 0 Å². The van der Waals surface area contributed by atoms with Crippen LogP contribution in [0.3, 0.4) is 0 Å². The van der Waals surface area contributed by atoms with Gasteiger partial charge in [0.2, 0.25) is 0 Å². The molecule has 1 aliphatic heterocycles. The minimum absolute atomic E-state index is 0.124. The molecule has 1 aliphatic rings. The topological polar surface area (TPSA) is 48.3 Å². The molecule has 2 rings (SSSR count). The second-order valence-corrected chi connectivity index (χ2v) is 5.83. The van der Waals surface area contributed by atoms with Crippen molar-refractivity contribution < 1.29 is 9.47 Å². The van der Waals surface area contributed by atoms with Crippen LogP contribution in [0.5, 0.6) is 0 Å². The molecule has 2 heterocycles. The van der Waals surface area contributed by atoms with Gasteiger partial charge in [-0.05, 0) is 26.5 Å². The van der Waals surface area contributed by atoms with Crippen LogP contribution in [-0.2, 0) is 22.9 Å². The summed E-state index contributed by atoms with van der Waals surface area (Å²) in [5.41, 5.74) is 2.20. The zero-order valence-electron chi connectivity index (χ0n) is 13.8. The van der Waals surface area contributed by atoms with E-state index < -0.39 is 0 Å². The predicted molar refractivity (Wildman–Crippen MR) is 83.5 cm³/mol. The molecule has 0 aliphatic carbocycles. The van der Waals surface area contributed by atoms with Crippen LogP contribution in [0.15, 0.2) is 6.07 Å². The highest BCUT2D eigenvalue weighted by atomic mass is 16.5. The fraction of sp³-hybridized carbons (Fsp3) is 0.812. The molecule has 5 nitrogen and oxygen atoms in total. The van der Waals surface area contributed by atoms with Gasteiger partial charge in [-0.15, -0.1) is 0 Å². The third-order valence-corrected chi connectivity index (χ3v) is 4.37. The minimum atomic E-state index is -0.124. The van der Waals surface area contributed by atoms with E-state index in [0.29, 0.717) is 6.04 Å². The second kappa shape index (κ2) is 7.38. The molecule has 1 fully saturated rings. The van der Waals surface area contributed by atoms with Crippen molar-refractivity contribution >= 4 is 0 Å². The van der Waals surface area contributed by atoms with Crippen molar-refractivity contribution in [2.45, 2.75) is 51.7 Å². The number of aryl methyl sites for hydroxylation is 2. The van der Waals surface area contributed by atoms with Gasteiger partial charge in [-0.2, -0.15) is 5.10 Å². The summed E-state index contributed by atoms with van der Waals surface area (Å²) in [6, 6.07) is 2.46. The number of ether oxygens (including phenoxy) is 2. The highest BCUT2D eigenvalue weighted by Crippen LogP contribution is 2.31. The van der Waals surface area contributed by atoms with Gasteiger partial charge in [0.1, 0.15) is 0 Å². The molecule has 5 heteroatoms. The average Bonchev–Trinajstić information content (AvgIpc) is 2.78. The first-order valence-electron chi connectivity index (χ1n) is 8.06. The number of aromatic nitrogens is 2. The van der Waals surface area contributed by atoms with E-state index in [1.807, 2.05) is 18.7 Å². The molecule has 1 saturated heterocycles. The third-order valence-electron chi connectivity index (χ3n) is 4.37. The Hall–Kier alpha value is -0.910. The summed E-state index contributed by atoms with van der Waals surface area (Å²) in [5.74, 6) is 0. The number of hydrogen-bond donors (Lipinski definition) is 1. The van der Waals surface area contributed by atoms with Crippen molar-refractivity contribution in [2.24, 2.45) is 7.05 Å². The summed E-state index contributed by atoms with van der Waals surface area (Å²) in [6.07, 6.45) is 2.84. The van der Waals surface area contributed by atoms with E-state index in [0.717, 1.165) is 51.3 Å². The summed E-state index contributed by atoms with van der Waals surface area (Å²) in [7, 11) is 2.02. The zero-order chi connectivity index (χ0) is 15.3. The third kappa shape index (κ3) is 3.84. The van der Waals surface area contributed by atoms with Crippen molar-refractivity contribution in [1.29, 1.82) is 0 Å². The first kappa shape index (κ1) is 16.5. The predicted octanol–water partition coefficient (Wildman–Crippen LogP) is 1.83. The molecular formula is C16H29N3O2. The van der Waals surface area contributed by atoms with Crippen LogP contribution in [0.2, 0.25) is 0 Å². The fourth-order valence-electron chi connectivity index (χ4n) is 3.35. The lowest BCUT2D eigenvalue weighted by Crippen LogP contribution is -2.56. The molecule has 0 amide bonds. The van der Waals surface area contributed by atoms with Crippen molar-refractivity contribution in [3.8, 4) is 0 Å². The first-order chi connectivity index (χ1) is 10.1. The van der Waals surface area contributed by atoms with Crippen molar-refractivity contribution in [3.05, 3.63) is 17.5 Å². The molecule has 1 unspecified atom stereocenters. The Morgan fingerprint density at radius 2 is 2.14 bits per heavy atom. The Morgan fingerprint density at radius 1 is 1.43 bits per heavy atom. The highest BCUT2D eigenvalue weighted by Gasteiger charge is 2.41. The molecule has 120 valence electrons. The Morgan fingerprint density at radius 3 is 2.67 bits per heavy atom. The van der Waals surface area contributed by atoms with Crippen molar-refractivity contribution in [1.82, 2.24) is 15.1 Å². The lowest BCUT2D eigenvalue weighted by molar-refractivity contribution is -0.126. The maximum absolute atomic E-state index is 6.23. The number of nitrogens with zero attached hydrogens (tertiary/aromatic N) is 2. The monoisotopic (exact) mass is 295 g/mol. The summed E-state index contributed by atoms with van der Waals surface area (Å²) in [4.78, 5) is 0. The van der Waals surface area contributed by atoms with E-state index in [4.69, 9.17) is 9.47 Å². The molecule has 1 N–H and O–H groups in total. The Labute approximate surface area is 128 Å². The van der Waals surface area contributed by atoms with Crippen LogP contribution in [0.4, 0.5) is 0 Å². The molecular weight excluding hydrogens is 266 g/mol. The first-order valence-corrected chi connectivity index (χ1v) is 8.06. The van der Waals surface area contributed by atoms with Gasteiger partial charge in [0, 0.05) is 57.9 Å². The SMILES string of the molecule is CCNC(Cc1cc(C)nn1C)C1(OCC)CCOCC1. The number of likely N-dealkylation sites (N-methyl/N-ethyl adjacent to an activating group) is 1. The van der Waals surface area contributed by atoms with Crippen LogP contribution >= 0.6 is 0 Å². The minimum Gasteiger partial charge on any atom is -0.381 e. The van der Waals surface area contributed by atoms with E-state index >= 15 is 0 Å². The van der Waals surface area contributed by atoms with Gasteiger partial charge in [0.05, 0.1) is 11.3 Å². The average molecular weight is 295 g/mol. The Kier molecular flexibility index (Phi) is 5.79. The number of nitrogens with one attached hydrogen (secondary N) is 1. The lowest BCUT2D eigenvalue weighted by Gasteiger charge is -2.43. The van der Waals surface area contributed by atoms with Crippen LogP contribution in [0, 0.1) is 6.92 Å². The largest absolute Gasteiger partial charge is 0.381 e. The zero-order valence-corrected chi connectivity index (χ0v) is 13.8. The normalized spacial score (nSPS) is 19.6. The summed E-state index contributed by atoms with van der Waals surface area (Å²) >= 11 is 0. The Bertz CT molecular complexity index is 433. The maximum Gasteiger partial charge on any atom is 0.0882 e. The highest BCUT2D eigenvalue weighted by molar-refractivity contribution is 5.12. The van der Waals surface area contributed by atoms with Crippen molar-refractivity contribution in [2.75, 3.05) is 26.4 Å². The van der Waals surface area contributed by atoms with Crippen LogP contribution in [-0.4, -0.2) is 47.8 Å². The van der Waals surface area contributed by atoms with Gasteiger partial charge < -0.3 is 14.8 Å². The summed E-state index contributed by atoms with van der Waals surface area (Å²) in [5, 5.41) is 8.10. The molecule has 0 spiro atoms. The van der Waals surface area contributed by atoms with Crippen LogP contribution < -0.4 is 5.32 Å². The molecule has 21 heavy (non-hydrogen) atoms. The van der Waals surface area contributed by atoms with E-state index in [1.165, 1.54) is 5.69 Å². The van der Waals surface area contributed by atoms with Gasteiger partial charge in [-0.3, -0.25) is 4.68 Å². The molecule has 0 radical (unpaired) electrons. The van der Waals surface area contributed by atoms with Gasteiger partial charge in [-0.1, -0.05) is 6.92 Å². The molecule has 1 aromatic rings.